The molecule has 6 heteroatoms. The summed E-state index contributed by atoms with van der Waals surface area (Å²) >= 11 is 0. The smallest absolute Gasteiger partial charge is 0.282 e. The van der Waals surface area contributed by atoms with E-state index in [4.69, 9.17) is 0 Å². The molecule has 3 nitrogen and oxygen atoms in total. The second-order valence-corrected chi connectivity index (χ2v) is 5.28. The Balaban J connectivity index is 2.18. The summed E-state index contributed by atoms with van der Waals surface area (Å²) in [7, 11) is 0. The highest BCUT2D eigenvalue weighted by Crippen LogP contribution is 2.29. The SMILES string of the molecule is CC1CC(=O)N(CCCCC[C@H](C)C(F)(F)F)C1=O. The van der Waals surface area contributed by atoms with Gasteiger partial charge in [-0.25, -0.2) is 0 Å². The predicted octanol–water partition coefficient (Wildman–Crippen LogP) is 3.14. The molecule has 0 aromatic heterocycles. The van der Waals surface area contributed by atoms with E-state index in [0.717, 1.165) is 0 Å². The fraction of sp³-hybridized carbons (Fsp3) is 0.846. The third kappa shape index (κ3) is 4.51. The van der Waals surface area contributed by atoms with E-state index in [1.54, 1.807) is 6.92 Å². The Bertz CT molecular complexity index is 341. The van der Waals surface area contributed by atoms with Gasteiger partial charge in [-0.3, -0.25) is 14.5 Å². The third-order valence-electron chi connectivity index (χ3n) is 3.55. The van der Waals surface area contributed by atoms with E-state index in [0.29, 0.717) is 25.8 Å². The van der Waals surface area contributed by atoms with Gasteiger partial charge in [0, 0.05) is 18.9 Å². The molecule has 0 radical (unpaired) electrons. The topological polar surface area (TPSA) is 37.4 Å². The van der Waals surface area contributed by atoms with Gasteiger partial charge < -0.3 is 0 Å². The summed E-state index contributed by atoms with van der Waals surface area (Å²) in [5.41, 5.74) is 0. The predicted molar refractivity (Wildman–Crippen MR) is 64.2 cm³/mol. The highest BCUT2D eigenvalue weighted by Gasteiger charge is 2.36. The van der Waals surface area contributed by atoms with Crippen LogP contribution in [0.1, 0.15) is 46.0 Å². The Morgan fingerprint density at radius 1 is 1.26 bits per heavy atom. The lowest BCUT2D eigenvalue weighted by Gasteiger charge is -2.16. The van der Waals surface area contributed by atoms with Gasteiger partial charge in [0.2, 0.25) is 11.8 Å². The van der Waals surface area contributed by atoms with Gasteiger partial charge in [0.05, 0.1) is 5.92 Å². The van der Waals surface area contributed by atoms with Crippen molar-refractivity contribution in [1.82, 2.24) is 4.90 Å². The molecule has 1 unspecified atom stereocenters. The monoisotopic (exact) mass is 279 g/mol. The zero-order valence-corrected chi connectivity index (χ0v) is 11.3. The van der Waals surface area contributed by atoms with Crippen LogP contribution in [0.5, 0.6) is 0 Å². The first kappa shape index (κ1) is 16.0. The van der Waals surface area contributed by atoms with Gasteiger partial charge in [-0.2, -0.15) is 13.2 Å². The zero-order chi connectivity index (χ0) is 14.6. The number of alkyl halides is 3. The Morgan fingerprint density at radius 3 is 2.37 bits per heavy atom. The molecule has 1 rings (SSSR count). The Kier molecular flexibility index (Phi) is 5.38. The van der Waals surface area contributed by atoms with Gasteiger partial charge in [-0.1, -0.05) is 26.7 Å². The third-order valence-corrected chi connectivity index (χ3v) is 3.55. The number of carbonyl (C=O) groups is 2. The van der Waals surface area contributed by atoms with Gasteiger partial charge in [0.15, 0.2) is 0 Å². The highest BCUT2D eigenvalue weighted by atomic mass is 19.4. The molecule has 0 aliphatic carbocycles. The van der Waals surface area contributed by atoms with E-state index in [-0.39, 0.29) is 30.6 Å². The number of hydrogen-bond donors (Lipinski definition) is 0. The Hall–Kier alpha value is -1.07. The molecule has 0 saturated carbocycles. The van der Waals surface area contributed by atoms with Gasteiger partial charge in [-0.05, 0) is 12.8 Å². The number of likely N-dealkylation sites (tertiary alicyclic amines) is 1. The fourth-order valence-corrected chi connectivity index (χ4v) is 2.14. The molecule has 110 valence electrons. The lowest BCUT2D eigenvalue weighted by atomic mass is 10.0. The van der Waals surface area contributed by atoms with Crippen LogP contribution in [0.15, 0.2) is 0 Å². The number of unbranched alkanes of at least 4 members (excludes halogenated alkanes) is 2. The molecule has 1 fully saturated rings. The summed E-state index contributed by atoms with van der Waals surface area (Å²) in [5.74, 6) is -1.87. The molecule has 19 heavy (non-hydrogen) atoms. The minimum absolute atomic E-state index is 0.0990. The number of halogens is 3. The standard InChI is InChI=1S/C13H20F3NO2/c1-9-8-11(18)17(12(9)19)7-5-3-4-6-10(2)13(14,15)16/h9-10H,3-8H2,1-2H3/t9?,10-/m0/s1. The number of amides is 2. The molecule has 0 N–H and O–H groups in total. The van der Waals surface area contributed by atoms with Crippen LogP contribution in [-0.2, 0) is 9.59 Å². The van der Waals surface area contributed by atoms with Crippen molar-refractivity contribution in [3.05, 3.63) is 0 Å². The Labute approximate surface area is 111 Å². The van der Waals surface area contributed by atoms with Crippen molar-refractivity contribution < 1.29 is 22.8 Å². The first-order chi connectivity index (χ1) is 8.73. The number of rotatable bonds is 6. The molecular weight excluding hydrogens is 259 g/mol. The van der Waals surface area contributed by atoms with Crippen molar-refractivity contribution in [2.24, 2.45) is 11.8 Å². The van der Waals surface area contributed by atoms with Crippen LogP contribution >= 0.6 is 0 Å². The molecular formula is C13H20F3NO2. The van der Waals surface area contributed by atoms with Crippen LogP contribution in [0.2, 0.25) is 0 Å². The lowest BCUT2D eigenvalue weighted by Crippen LogP contribution is -2.31. The van der Waals surface area contributed by atoms with Crippen molar-refractivity contribution in [2.45, 2.75) is 52.1 Å². The molecule has 2 amide bonds. The molecule has 2 atom stereocenters. The maximum atomic E-state index is 12.3. The maximum Gasteiger partial charge on any atom is 0.391 e. The van der Waals surface area contributed by atoms with Crippen molar-refractivity contribution in [2.75, 3.05) is 6.54 Å². The van der Waals surface area contributed by atoms with E-state index < -0.39 is 12.1 Å². The average Bonchev–Trinajstić information content (AvgIpc) is 2.53. The number of carbonyl (C=O) groups excluding carboxylic acids is 2. The van der Waals surface area contributed by atoms with Crippen LogP contribution in [0, 0.1) is 11.8 Å². The molecule has 1 saturated heterocycles. The number of hydrogen-bond acceptors (Lipinski definition) is 2. The van der Waals surface area contributed by atoms with E-state index in [9.17, 15) is 22.8 Å². The lowest BCUT2D eigenvalue weighted by molar-refractivity contribution is -0.171. The van der Waals surface area contributed by atoms with Gasteiger partial charge in [0.1, 0.15) is 0 Å². The van der Waals surface area contributed by atoms with E-state index in [1.807, 2.05) is 0 Å². The second kappa shape index (κ2) is 6.39. The largest absolute Gasteiger partial charge is 0.391 e. The first-order valence-electron chi connectivity index (χ1n) is 6.64. The summed E-state index contributed by atoms with van der Waals surface area (Å²) in [5, 5.41) is 0. The van der Waals surface area contributed by atoms with Crippen LogP contribution < -0.4 is 0 Å². The molecule has 0 aromatic rings. The van der Waals surface area contributed by atoms with Crippen molar-refractivity contribution in [3.63, 3.8) is 0 Å². The summed E-state index contributed by atoms with van der Waals surface area (Å²) in [6.07, 6.45) is -2.13. The van der Waals surface area contributed by atoms with Gasteiger partial charge >= 0.3 is 6.18 Å². The van der Waals surface area contributed by atoms with Crippen LogP contribution in [0.25, 0.3) is 0 Å². The van der Waals surface area contributed by atoms with E-state index >= 15 is 0 Å². The van der Waals surface area contributed by atoms with Crippen molar-refractivity contribution >= 4 is 11.8 Å². The van der Waals surface area contributed by atoms with Crippen LogP contribution in [-0.4, -0.2) is 29.4 Å². The van der Waals surface area contributed by atoms with Gasteiger partial charge in [0.25, 0.3) is 0 Å². The van der Waals surface area contributed by atoms with Crippen LogP contribution in [0.4, 0.5) is 13.2 Å². The minimum atomic E-state index is -4.13. The normalized spacial score (nSPS) is 22.2. The van der Waals surface area contributed by atoms with Crippen LogP contribution in [0.3, 0.4) is 0 Å². The van der Waals surface area contributed by atoms with Gasteiger partial charge in [-0.15, -0.1) is 0 Å². The summed E-state index contributed by atoms with van der Waals surface area (Å²) < 4.78 is 36.8. The molecule has 1 heterocycles. The summed E-state index contributed by atoms with van der Waals surface area (Å²) in [6.45, 7) is 3.23. The molecule has 0 bridgehead atoms. The molecule has 0 spiro atoms. The van der Waals surface area contributed by atoms with E-state index in [2.05, 4.69) is 0 Å². The molecule has 0 aromatic carbocycles. The Morgan fingerprint density at radius 2 is 1.89 bits per heavy atom. The number of imide groups is 1. The molecule has 1 aliphatic heterocycles. The zero-order valence-electron chi connectivity index (χ0n) is 11.3. The highest BCUT2D eigenvalue weighted by molar-refractivity contribution is 6.03. The fourth-order valence-electron chi connectivity index (χ4n) is 2.14. The second-order valence-electron chi connectivity index (χ2n) is 5.28. The van der Waals surface area contributed by atoms with Crippen molar-refractivity contribution in [1.29, 1.82) is 0 Å². The summed E-state index contributed by atoms with van der Waals surface area (Å²) in [4.78, 5) is 24.3. The minimum Gasteiger partial charge on any atom is -0.282 e. The van der Waals surface area contributed by atoms with Crippen molar-refractivity contribution in [3.8, 4) is 0 Å². The molecule has 1 aliphatic rings. The average molecular weight is 279 g/mol. The number of nitrogens with zero attached hydrogens (tertiary/aromatic N) is 1. The van der Waals surface area contributed by atoms with E-state index in [1.165, 1.54) is 11.8 Å². The first-order valence-corrected chi connectivity index (χ1v) is 6.64. The summed E-state index contributed by atoms with van der Waals surface area (Å²) in [6, 6.07) is 0. The quantitative estimate of drug-likeness (QED) is 0.553. The maximum absolute atomic E-state index is 12.3.